The lowest BCUT2D eigenvalue weighted by Crippen LogP contribution is -2.31. The summed E-state index contributed by atoms with van der Waals surface area (Å²) >= 11 is 0. The molecule has 1 atom stereocenters. The molecule has 19 heavy (non-hydrogen) atoms. The molecule has 1 rings (SSSR count). The number of carbonyl (C=O) groups is 1. The third-order valence-electron chi connectivity index (χ3n) is 2.73. The summed E-state index contributed by atoms with van der Waals surface area (Å²) in [5.41, 5.74) is -0.144. The van der Waals surface area contributed by atoms with Gasteiger partial charge in [0.15, 0.2) is 5.82 Å². The highest BCUT2D eigenvalue weighted by Gasteiger charge is 2.20. The highest BCUT2D eigenvalue weighted by Crippen LogP contribution is 2.24. The first-order valence-electron chi connectivity index (χ1n) is 6.53. The molecule has 0 aliphatic carbocycles. The fourth-order valence-corrected chi connectivity index (χ4v) is 1.40. The van der Waals surface area contributed by atoms with Crippen LogP contribution >= 0.6 is 0 Å². The van der Waals surface area contributed by atoms with Crippen molar-refractivity contribution in [2.24, 2.45) is 0 Å². The Morgan fingerprint density at radius 1 is 1.53 bits per heavy atom. The van der Waals surface area contributed by atoms with Crippen LogP contribution < -0.4 is 10.6 Å². The molecule has 0 aromatic carbocycles. The van der Waals surface area contributed by atoms with Crippen LogP contribution in [0.3, 0.4) is 0 Å². The van der Waals surface area contributed by atoms with Gasteiger partial charge in [0, 0.05) is 18.0 Å². The van der Waals surface area contributed by atoms with Gasteiger partial charge in [-0.2, -0.15) is 0 Å². The number of amides is 2. The van der Waals surface area contributed by atoms with Crippen LogP contribution in [0.1, 0.15) is 46.3 Å². The summed E-state index contributed by atoms with van der Waals surface area (Å²) in [6.45, 7) is 8.33. The molecule has 3 N–H and O–H groups in total. The monoisotopic (exact) mass is 269 g/mol. The van der Waals surface area contributed by atoms with Crippen molar-refractivity contribution in [2.45, 2.75) is 52.1 Å². The predicted octanol–water partition coefficient (Wildman–Crippen LogP) is 2.25. The minimum Gasteiger partial charge on any atom is -0.393 e. The molecule has 1 heterocycles. The molecule has 6 nitrogen and oxygen atoms in total. The number of aromatic nitrogens is 1. The van der Waals surface area contributed by atoms with Crippen LogP contribution in [0.5, 0.6) is 0 Å². The van der Waals surface area contributed by atoms with Crippen molar-refractivity contribution >= 4 is 11.8 Å². The summed E-state index contributed by atoms with van der Waals surface area (Å²) in [5.74, 6) is 1.10. The summed E-state index contributed by atoms with van der Waals surface area (Å²) in [6, 6.07) is 1.36. The average molecular weight is 269 g/mol. The van der Waals surface area contributed by atoms with Crippen LogP contribution in [0.25, 0.3) is 0 Å². The quantitative estimate of drug-likeness (QED) is 0.765. The van der Waals surface area contributed by atoms with E-state index in [1.165, 1.54) is 0 Å². The second-order valence-electron chi connectivity index (χ2n) is 5.56. The fourth-order valence-electron chi connectivity index (χ4n) is 1.40. The van der Waals surface area contributed by atoms with Gasteiger partial charge in [-0.1, -0.05) is 32.9 Å². The van der Waals surface area contributed by atoms with E-state index in [1.54, 1.807) is 6.07 Å². The zero-order chi connectivity index (χ0) is 14.5. The Kier molecular flexibility index (Phi) is 5.35. The van der Waals surface area contributed by atoms with E-state index < -0.39 is 0 Å². The van der Waals surface area contributed by atoms with Gasteiger partial charge in [0.2, 0.25) is 0 Å². The Balaban J connectivity index is 2.38. The number of carbonyl (C=O) groups excluding carboxylic acids is 1. The van der Waals surface area contributed by atoms with Gasteiger partial charge in [-0.05, 0) is 12.8 Å². The summed E-state index contributed by atoms with van der Waals surface area (Å²) in [4.78, 5) is 11.6. The van der Waals surface area contributed by atoms with Gasteiger partial charge in [0.1, 0.15) is 5.76 Å². The van der Waals surface area contributed by atoms with Crippen molar-refractivity contribution in [3.8, 4) is 0 Å². The van der Waals surface area contributed by atoms with Crippen molar-refractivity contribution in [1.82, 2.24) is 10.5 Å². The Bertz CT molecular complexity index is 410. The molecule has 1 aromatic rings. The first kappa shape index (κ1) is 15.5. The Morgan fingerprint density at radius 2 is 2.21 bits per heavy atom. The van der Waals surface area contributed by atoms with Crippen LogP contribution in [0.15, 0.2) is 10.6 Å². The highest BCUT2D eigenvalue weighted by molar-refractivity contribution is 5.88. The number of aliphatic hydroxyl groups excluding tert-OH is 1. The number of anilines is 1. The molecule has 0 aliphatic heterocycles. The highest BCUT2D eigenvalue weighted by atomic mass is 16.5. The van der Waals surface area contributed by atoms with E-state index in [9.17, 15) is 9.90 Å². The number of nitrogens with zero attached hydrogens (tertiary/aromatic N) is 1. The van der Waals surface area contributed by atoms with Crippen LogP contribution in [0.4, 0.5) is 10.6 Å². The molecule has 0 saturated heterocycles. The number of aliphatic hydroxyl groups is 1. The number of urea groups is 1. The maximum atomic E-state index is 11.6. The molecule has 2 amide bonds. The van der Waals surface area contributed by atoms with Crippen molar-refractivity contribution in [3.63, 3.8) is 0 Å². The molecule has 0 fully saturated rings. The van der Waals surface area contributed by atoms with Gasteiger partial charge < -0.3 is 14.9 Å². The average Bonchev–Trinajstić information content (AvgIpc) is 2.77. The second-order valence-corrected chi connectivity index (χ2v) is 5.56. The SMILES string of the molecule is CCC(O)CCNC(=O)Nc1cc(C(C)(C)C)on1. The van der Waals surface area contributed by atoms with Gasteiger partial charge >= 0.3 is 6.03 Å². The molecule has 108 valence electrons. The van der Waals surface area contributed by atoms with Crippen molar-refractivity contribution in [2.75, 3.05) is 11.9 Å². The molecular formula is C13H23N3O3. The minimum atomic E-state index is -0.375. The normalized spacial score (nSPS) is 13.1. The number of hydrogen-bond acceptors (Lipinski definition) is 4. The molecule has 6 heteroatoms. The Morgan fingerprint density at radius 3 is 2.74 bits per heavy atom. The molecule has 0 spiro atoms. The van der Waals surface area contributed by atoms with Gasteiger partial charge in [-0.3, -0.25) is 5.32 Å². The van der Waals surface area contributed by atoms with E-state index >= 15 is 0 Å². The Labute approximate surface area is 113 Å². The van der Waals surface area contributed by atoms with Crippen molar-refractivity contribution in [1.29, 1.82) is 0 Å². The summed E-state index contributed by atoms with van der Waals surface area (Å²) < 4.78 is 5.16. The standard InChI is InChI=1S/C13H23N3O3/c1-5-9(17)6-7-14-12(18)15-11-8-10(19-16-11)13(2,3)4/h8-9,17H,5-7H2,1-4H3,(H2,14,15,16,18). The molecule has 0 radical (unpaired) electrons. The topological polar surface area (TPSA) is 87.4 Å². The van der Waals surface area contributed by atoms with E-state index in [-0.39, 0.29) is 17.6 Å². The van der Waals surface area contributed by atoms with Crippen LogP contribution in [-0.2, 0) is 5.41 Å². The molecular weight excluding hydrogens is 246 g/mol. The van der Waals surface area contributed by atoms with E-state index in [4.69, 9.17) is 4.52 Å². The first-order chi connectivity index (χ1) is 8.82. The largest absolute Gasteiger partial charge is 0.393 e. The maximum absolute atomic E-state index is 11.6. The fraction of sp³-hybridized carbons (Fsp3) is 0.692. The van der Waals surface area contributed by atoms with Crippen LogP contribution in [0, 0.1) is 0 Å². The third kappa shape index (κ3) is 5.30. The molecule has 0 saturated carbocycles. The van der Waals surface area contributed by atoms with Gasteiger partial charge in [0.25, 0.3) is 0 Å². The molecule has 1 aromatic heterocycles. The van der Waals surface area contributed by atoms with E-state index in [0.717, 1.165) is 0 Å². The number of hydrogen-bond donors (Lipinski definition) is 3. The maximum Gasteiger partial charge on any atom is 0.320 e. The van der Waals surface area contributed by atoms with Crippen molar-refractivity contribution in [3.05, 3.63) is 11.8 Å². The molecule has 0 aliphatic rings. The lowest BCUT2D eigenvalue weighted by atomic mass is 9.93. The smallest absolute Gasteiger partial charge is 0.320 e. The minimum absolute atomic E-state index is 0.144. The van der Waals surface area contributed by atoms with E-state index in [0.29, 0.717) is 31.0 Å². The third-order valence-corrected chi connectivity index (χ3v) is 2.73. The number of nitrogens with one attached hydrogen (secondary N) is 2. The van der Waals surface area contributed by atoms with E-state index in [2.05, 4.69) is 15.8 Å². The van der Waals surface area contributed by atoms with Crippen molar-refractivity contribution < 1.29 is 14.4 Å². The van der Waals surface area contributed by atoms with Crippen LogP contribution in [-0.4, -0.2) is 28.9 Å². The zero-order valence-corrected chi connectivity index (χ0v) is 12.0. The first-order valence-corrected chi connectivity index (χ1v) is 6.53. The lowest BCUT2D eigenvalue weighted by molar-refractivity contribution is 0.160. The van der Waals surface area contributed by atoms with Gasteiger partial charge in [0.05, 0.1) is 6.10 Å². The Hall–Kier alpha value is -1.56. The lowest BCUT2D eigenvalue weighted by Gasteiger charge is -2.12. The van der Waals surface area contributed by atoms with Gasteiger partial charge in [-0.15, -0.1) is 0 Å². The van der Waals surface area contributed by atoms with Crippen LogP contribution in [0.2, 0.25) is 0 Å². The summed E-state index contributed by atoms with van der Waals surface area (Å²) in [5, 5.41) is 18.4. The zero-order valence-electron chi connectivity index (χ0n) is 12.0. The number of rotatable bonds is 5. The summed E-state index contributed by atoms with van der Waals surface area (Å²) in [7, 11) is 0. The molecule has 1 unspecified atom stereocenters. The van der Waals surface area contributed by atoms with E-state index in [1.807, 2.05) is 27.7 Å². The summed E-state index contributed by atoms with van der Waals surface area (Å²) in [6.07, 6.45) is 0.845. The second kappa shape index (κ2) is 6.56. The predicted molar refractivity (Wildman–Crippen MR) is 73.1 cm³/mol. The molecule has 0 bridgehead atoms. The van der Waals surface area contributed by atoms with Gasteiger partial charge in [-0.25, -0.2) is 4.79 Å².